The summed E-state index contributed by atoms with van der Waals surface area (Å²) in [4.78, 5) is 2.17. The lowest BCUT2D eigenvalue weighted by molar-refractivity contribution is 0.347. The van der Waals surface area contributed by atoms with Gasteiger partial charge in [-0.15, -0.1) is 11.3 Å². The normalized spacial score (nSPS) is 19.9. The van der Waals surface area contributed by atoms with E-state index < -0.39 is 10.0 Å². The van der Waals surface area contributed by atoms with Crippen LogP contribution in [0.3, 0.4) is 0 Å². The highest BCUT2D eigenvalue weighted by Crippen LogP contribution is 2.32. The summed E-state index contributed by atoms with van der Waals surface area (Å²) in [6.07, 6.45) is 0.890. The summed E-state index contributed by atoms with van der Waals surface area (Å²) in [5.74, 6) is 0. The SMILES string of the molecule is Cc1cc(S(=O)(=O)N2CCCN(C)CC2)sc1Br. The number of thiophene rings is 1. The smallest absolute Gasteiger partial charge is 0.252 e. The van der Waals surface area contributed by atoms with Gasteiger partial charge in [-0.3, -0.25) is 0 Å². The fraction of sp³-hybridized carbons (Fsp3) is 0.636. The molecule has 18 heavy (non-hydrogen) atoms. The highest BCUT2D eigenvalue weighted by Gasteiger charge is 2.28. The maximum atomic E-state index is 12.5. The minimum atomic E-state index is -3.32. The second-order valence-electron chi connectivity index (χ2n) is 4.58. The monoisotopic (exact) mass is 352 g/mol. The second-order valence-corrected chi connectivity index (χ2v) is 9.12. The Morgan fingerprint density at radius 1 is 1.28 bits per heavy atom. The molecule has 2 rings (SSSR count). The number of hydrogen-bond donors (Lipinski definition) is 0. The average molecular weight is 353 g/mol. The van der Waals surface area contributed by atoms with Crippen molar-refractivity contribution in [2.45, 2.75) is 17.6 Å². The van der Waals surface area contributed by atoms with Gasteiger partial charge in [0.2, 0.25) is 0 Å². The van der Waals surface area contributed by atoms with Gasteiger partial charge in [0.05, 0.1) is 3.79 Å². The number of halogens is 1. The predicted octanol–water partition coefficient (Wildman–Crippen LogP) is 2.15. The molecular formula is C11H17BrN2O2S2. The Balaban J connectivity index is 2.25. The zero-order valence-electron chi connectivity index (χ0n) is 10.5. The van der Waals surface area contributed by atoms with Crippen LogP contribution in [0.1, 0.15) is 12.0 Å². The van der Waals surface area contributed by atoms with Crippen molar-refractivity contribution in [1.29, 1.82) is 0 Å². The standard InChI is InChI=1S/C11H17BrN2O2S2/c1-9-8-10(17-11(9)12)18(15,16)14-5-3-4-13(2)6-7-14/h8H,3-7H2,1-2H3. The second kappa shape index (κ2) is 5.58. The summed E-state index contributed by atoms with van der Waals surface area (Å²) in [6.45, 7) is 4.86. The molecule has 4 nitrogen and oxygen atoms in total. The molecule has 1 aromatic heterocycles. The van der Waals surface area contributed by atoms with Crippen LogP contribution in [0.5, 0.6) is 0 Å². The Morgan fingerprint density at radius 2 is 2.00 bits per heavy atom. The van der Waals surface area contributed by atoms with Gasteiger partial charge in [-0.05, 0) is 54.5 Å². The van der Waals surface area contributed by atoms with Crippen LogP contribution in [0, 0.1) is 6.92 Å². The minimum Gasteiger partial charge on any atom is -0.305 e. The van der Waals surface area contributed by atoms with Crippen LogP contribution in [-0.2, 0) is 10.0 Å². The first kappa shape index (κ1) is 14.5. The zero-order chi connectivity index (χ0) is 13.3. The Bertz CT molecular complexity index is 508. The molecule has 7 heteroatoms. The Hall–Kier alpha value is 0.0500. The summed E-state index contributed by atoms with van der Waals surface area (Å²) in [5.41, 5.74) is 0.977. The van der Waals surface area contributed by atoms with E-state index in [0.29, 0.717) is 17.3 Å². The van der Waals surface area contributed by atoms with E-state index in [-0.39, 0.29) is 0 Å². The van der Waals surface area contributed by atoms with Gasteiger partial charge < -0.3 is 4.90 Å². The highest BCUT2D eigenvalue weighted by molar-refractivity contribution is 9.11. The lowest BCUT2D eigenvalue weighted by Crippen LogP contribution is -2.34. The third kappa shape index (κ3) is 2.96. The molecule has 1 aromatic rings. The van der Waals surface area contributed by atoms with E-state index in [1.54, 1.807) is 10.4 Å². The number of nitrogens with zero attached hydrogens (tertiary/aromatic N) is 2. The molecule has 0 unspecified atom stereocenters. The molecule has 2 heterocycles. The van der Waals surface area contributed by atoms with E-state index in [1.807, 2.05) is 14.0 Å². The van der Waals surface area contributed by atoms with Crippen LogP contribution in [0.25, 0.3) is 0 Å². The largest absolute Gasteiger partial charge is 0.305 e. The summed E-state index contributed by atoms with van der Waals surface area (Å²) in [7, 11) is -1.29. The third-order valence-corrected chi connectivity index (χ3v) is 7.59. The molecule has 0 bridgehead atoms. The van der Waals surface area contributed by atoms with Crippen molar-refractivity contribution in [1.82, 2.24) is 9.21 Å². The molecule has 0 radical (unpaired) electrons. The molecule has 1 saturated heterocycles. The van der Waals surface area contributed by atoms with Crippen LogP contribution >= 0.6 is 27.3 Å². The van der Waals surface area contributed by atoms with Crippen molar-refractivity contribution >= 4 is 37.3 Å². The number of aryl methyl sites for hydroxylation is 1. The van der Waals surface area contributed by atoms with E-state index in [4.69, 9.17) is 0 Å². The molecule has 0 aliphatic carbocycles. The summed E-state index contributed by atoms with van der Waals surface area (Å²) in [5, 5.41) is 0. The molecule has 1 fully saturated rings. The van der Waals surface area contributed by atoms with Gasteiger partial charge in [0, 0.05) is 19.6 Å². The molecule has 0 spiro atoms. The van der Waals surface area contributed by atoms with Crippen LogP contribution in [0.4, 0.5) is 0 Å². The van der Waals surface area contributed by atoms with Crippen molar-refractivity contribution in [2.24, 2.45) is 0 Å². The van der Waals surface area contributed by atoms with E-state index in [1.165, 1.54) is 11.3 Å². The molecule has 1 aliphatic rings. The average Bonchev–Trinajstić information content (AvgIpc) is 2.52. The lowest BCUT2D eigenvalue weighted by Gasteiger charge is -2.18. The van der Waals surface area contributed by atoms with E-state index in [0.717, 1.165) is 28.9 Å². The molecular weight excluding hydrogens is 336 g/mol. The highest BCUT2D eigenvalue weighted by atomic mass is 79.9. The van der Waals surface area contributed by atoms with Gasteiger partial charge in [0.15, 0.2) is 0 Å². The third-order valence-electron chi connectivity index (χ3n) is 3.11. The topological polar surface area (TPSA) is 40.6 Å². The molecule has 1 aliphatic heterocycles. The molecule has 102 valence electrons. The maximum absolute atomic E-state index is 12.5. The van der Waals surface area contributed by atoms with Crippen LogP contribution in [0.2, 0.25) is 0 Å². The lowest BCUT2D eigenvalue weighted by atomic mass is 10.4. The van der Waals surface area contributed by atoms with Gasteiger partial charge in [0.1, 0.15) is 4.21 Å². The van der Waals surface area contributed by atoms with Crippen LogP contribution < -0.4 is 0 Å². The summed E-state index contributed by atoms with van der Waals surface area (Å²) >= 11 is 4.68. The molecule has 0 N–H and O–H groups in total. The quantitative estimate of drug-likeness (QED) is 0.818. The first-order chi connectivity index (χ1) is 8.41. The Kier molecular flexibility index (Phi) is 4.48. The van der Waals surface area contributed by atoms with Crippen molar-refractivity contribution in [3.8, 4) is 0 Å². The van der Waals surface area contributed by atoms with Gasteiger partial charge in [-0.1, -0.05) is 0 Å². The van der Waals surface area contributed by atoms with Gasteiger partial charge >= 0.3 is 0 Å². The van der Waals surface area contributed by atoms with E-state index in [2.05, 4.69) is 20.8 Å². The van der Waals surface area contributed by atoms with E-state index in [9.17, 15) is 8.42 Å². The summed E-state index contributed by atoms with van der Waals surface area (Å²) < 4.78 is 28.0. The molecule has 0 atom stereocenters. The van der Waals surface area contributed by atoms with Gasteiger partial charge in [0.25, 0.3) is 10.0 Å². The molecule has 0 amide bonds. The summed E-state index contributed by atoms with van der Waals surface area (Å²) in [6, 6.07) is 1.75. The zero-order valence-corrected chi connectivity index (χ0v) is 13.7. The van der Waals surface area contributed by atoms with Crippen molar-refractivity contribution < 1.29 is 8.42 Å². The number of rotatable bonds is 2. The van der Waals surface area contributed by atoms with Gasteiger partial charge in [-0.25, -0.2) is 8.42 Å². The molecule has 0 saturated carbocycles. The van der Waals surface area contributed by atoms with E-state index >= 15 is 0 Å². The number of hydrogen-bond acceptors (Lipinski definition) is 4. The number of likely N-dealkylation sites (N-methyl/N-ethyl adjacent to an activating group) is 1. The fourth-order valence-electron chi connectivity index (χ4n) is 1.95. The van der Waals surface area contributed by atoms with Crippen LogP contribution in [-0.4, -0.2) is 50.8 Å². The van der Waals surface area contributed by atoms with Crippen molar-refractivity contribution in [3.05, 3.63) is 15.4 Å². The van der Waals surface area contributed by atoms with Crippen LogP contribution in [0.15, 0.2) is 14.1 Å². The Morgan fingerprint density at radius 3 is 2.61 bits per heavy atom. The van der Waals surface area contributed by atoms with Crippen molar-refractivity contribution in [3.63, 3.8) is 0 Å². The Labute approximate surface area is 121 Å². The first-order valence-electron chi connectivity index (χ1n) is 5.86. The van der Waals surface area contributed by atoms with Crippen molar-refractivity contribution in [2.75, 3.05) is 33.2 Å². The predicted molar refractivity (Wildman–Crippen MR) is 77.6 cm³/mol. The van der Waals surface area contributed by atoms with Gasteiger partial charge in [-0.2, -0.15) is 4.31 Å². The fourth-order valence-corrected chi connectivity index (χ4v) is 5.80. The molecule has 0 aromatic carbocycles. The number of sulfonamides is 1. The first-order valence-corrected chi connectivity index (χ1v) is 8.91. The minimum absolute atomic E-state index is 0.441. The maximum Gasteiger partial charge on any atom is 0.252 e.